The Bertz CT molecular complexity index is 1090. The Morgan fingerprint density at radius 3 is 2.83 bits per heavy atom. The summed E-state index contributed by atoms with van der Waals surface area (Å²) in [4.78, 5) is 16.9. The first-order chi connectivity index (χ1) is 14.2. The van der Waals surface area contributed by atoms with Crippen molar-refractivity contribution in [2.45, 2.75) is 13.2 Å². The average Bonchev–Trinajstić information content (AvgIpc) is 3.41. The van der Waals surface area contributed by atoms with Gasteiger partial charge in [-0.05, 0) is 35.9 Å². The maximum Gasteiger partial charge on any atom is 0.256 e. The molecule has 2 aromatic carbocycles. The lowest BCUT2D eigenvalue weighted by Crippen LogP contribution is -2.16. The third-order valence-electron chi connectivity index (χ3n) is 4.17. The van der Waals surface area contributed by atoms with Gasteiger partial charge in [-0.25, -0.2) is 9.67 Å². The van der Waals surface area contributed by atoms with Gasteiger partial charge in [0.05, 0.1) is 23.9 Å². The molecule has 1 N–H and O–H groups in total. The van der Waals surface area contributed by atoms with Crippen LogP contribution in [0.25, 0.3) is 0 Å². The normalized spacial score (nSPS) is 10.7. The molecule has 0 aliphatic carbocycles. The number of nitrogens with one attached hydrogen (secondary N) is 1. The number of anilines is 1. The van der Waals surface area contributed by atoms with Crippen molar-refractivity contribution in [3.8, 4) is 5.75 Å². The highest BCUT2D eigenvalue weighted by molar-refractivity contribution is 7.07. The Morgan fingerprint density at radius 2 is 2.03 bits per heavy atom. The second-order valence-electron chi connectivity index (χ2n) is 6.25. The Labute approximate surface area is 176 Å². The van der Waals surface area contributed by atoms with Crippen LogP contribution >= 0.6 is 22.9 Å². The standard InChI is InChI=1S/C21H17ClN4O2S/c22-17-6-4-15(5-7-17)11-26-20(8-9-24-26)25-21(27)16-2-1-3-19(10-16)28-12-18-13-29-14-23-18/h1-10,13-14H,11-12H2,(H,25,27). The van der Waals surface area contributed by atoms with E-state index < -0.39 is 0 Å². The molecule has 8 heteroatoms. The van der Waals surface area contributed by atoms with E-state index in [9.17, 15) is 4.79 Å². The number of benzene rings is 2. The number of amides is 1. The molecule has 2 aromatic heterocycles. The van der Waals surface area contributed by atoms with Crippen LogP contribution in [0.2, 0.25) is 5.02 Å². The van der Waals surface area contributed by atoms with E-state index >= 15 is 0 Å². The quantitative estimate of drug-likeness (QED) is 0.459. The van der Waals surface area contributed by atoms with Gasteiger partial charge in [-0.1, -0.05) is 29.8 Å². The first-order valence-corrected chi connectivity index (χ1v) is 10.2. The zero-order valence-corrected chi connectivity index (χ0v) is 16.9. The fourth-order valence-corrected chi connectivity index (χ4v) is 3.38. The van der Waals surface area contributed by atoms with Crippen LogP contribution in [0.5, 0.6) is 5.75 Å². The molecule has 0 saturated carbocycles. The summed E-state index contributed by atoms with van der Waals surface area (Å²) in [6.45, 7) is 0.888. The number of rotatable bonds is 7. The van der Waals surface area contributed by atoms with Crippen LogP contribution in [0.15, 0.2) is 71.7 Å². The van der Waals surface area contributed by atoms with Crippen molar-refractivity contribution in [2.24, 2.45) is 0 Å². The molecule has 0 bridgehead atoms. The second-order valence-corrected chi connectivity index (χ2v) is 7.41. The molecule has 0 fully saturated rings. The molecule has 0 spiro atoms. The summed E-state index contributed by atoms with van der Waals surface area (Å²) in [6, 6.07) is 16.3. The number of carbonyl (C=O) groups excluding carboxylic acids is 1. The number of carbonyl (C=O) groups is 1. The van der Waals surface area contributed by atoms with Crippen LogP contribution in [0.3, 0.4) is 0 Å². The van der Waals surface area contributed by atoms with Gasteiger partial charge in [0, 0.05) is 22.0 Å². The summed E-state index contributed by atoms with van der Waals surface area (Å²) in [5.41, 5.74) is 4.15. The van der Waals surface area contributed by atoms with E-state index in [0.29, 0.717) is 35.3 Å². The van der Waals surface area contributed by atoms with E-state index in [1.54, 1.807) is 40.7 Å². The van der Waals surface area contributed by atoms with Crippen molar-refractivity contribution in [3.05, 3.63) is 93.5 Å². The van der Waals surface area contributed by atoms with Gasteiger partial charge in [0.25, 0.3) is 5.91 Å². The van der Waals surface area contributed by atoms with Crippen LogP contribution in [-0.4, -0.2) is 20.7 Å². The molecule has 0 aliphatic rings. The molecule has 1 amide bonds. The number of hydrogen-bond acceptors (Lipinski definition) is 5. The Morgan fingerprint density at radius 1 is 1.17 bits per heavy atom. The predicted octanol–water partition coefficient (Wildman–Crippen LogP) is 4.87. The smallest absolute Gasteiger partial charge is 0.256 e. The summed E-state index contributed by atoms with van der Waals surface area (Å²) in [5, 5.41) is 9.81. The van der Waals surface area contributed by atoms with E-state index in [4.69, 9.17) is 16.3 Å². The van der Waals surface area contributed by atoms with Gasteiger partial charge in [-0.2, -0.15) is 5.10 Å². The minimum absolute atomic E-state index is 0.234. The highest BCUT2D eigenvalue weighted by Crippen LogP contribution is 2.18. The number of aromatic nitrogens is 3. The van der Waals surface area contributed by atoms with Crippen molar-refractivity contribution in [2.75, 3.05) is 5.32 Å². The number of thiazole rings is 1. The zero-order valence-electron chi connectivity index (χ0n) is 15.3. The van der Waals surface area contributed by atoms with E-state index in [1.807, 2.05) is 35.7 Å². The zero-order chi connectivity index (χ0) is 20.1. The van der Waals surface area contributed by atoms with Gasteiger partial charge >= 0.3 is 0 Å². The van der Waals surface area contributed by atoms with Crippen LogP contribution in [-0.2, 0) is 13.2 Å². The molecule has 4 aromatic rings. The van der Waals surface area contributed by atoms with Crippen molar-refractivity contribution < 1.29 is 9.53 Å². The van der Waals surface area contributed by atoms with Crippen LogP contribution in [0.4, 0.5) is 5.82 Å². The van der Waals surface area contributed by atoms with E-state index in [1.165, 1.54) is 11.3 Å². The Balaban J connectivity index is 1.42. The van der Waals surface area contributed by atoms with Crippen molar-refractivity contribution >= 4 is 34.7 Å². The van der Waals surface area contributed by atoms with E-state index in [0.717, 1.165) is 11.3 Å². The minimum Gasteiger partial charge on any atom is -0.487 e. The number of ether oxygens (including phenoxy) is 1. The minimum atomic E-state index is -0.234. The lowest BCUT2D eigenvalue weighted by atomic mass is 10.2. The van der Waals surface area contributed by atoms with Crippen molar-refractivity contribution in [1.29, 1.82) is 0 Å². The Kier molecular flexibility index (Phi) is 5.88. The highest BCUT2D eigenvalue weighted by Gasteiger charge is 2.11. The van der Waals surface area contributed by atoms with Gasteiger partial charge in [0.2, 0.25) is 0 Å². The number of halogens is 1. The molecule has 0 aliphatic heterocycles. The second kappa shape index (κ2) is 8.89. The molecule has 146 valence electrons. The van der Waals surface area contributed by atoms with Crippen LogP contribution in [0.1, 0.15) is 21.6 Å². The predicted molar refractivity (Wildman–Crippen MR) is 114 cm³/mol. The number of hydrogen-bond donors (Lipinski definition) is 1. The molecule has 0 saturated heterocycles. The van der Waals surface area contributed by atoms with Crippen LogP contribution < -0.4 is 10.1 Å². The SMILES string of the molecule is O=C(Nc1ccnn1Cc1ccc(Cl)cc1)c1cccc(OCc2cscn2)c1. The summed E-state index contributed by atoms with van der Waals surface area (Å²) in [6.07, 6.45) is 1.65. The lowest BCUT2D eigenvalue weighted by Gasteiger charge is -2.10. The van der Waals surface area contributed by atoms with Crippen molar-refractivity contribution in [1.82, 2.24) is 14.8 Å². The first-order valence-electron chi connectivity index (χ1n) is 8.85. The van der Waals surface area contributed by atoms with E-state index in [-0.39, 0.29) is 5.91 Å². The molecule has 0 atom stereocenters. The number of nitrogens with zero attached hydrogens (tertiary/aromatic N) is 3. The molecule has 2 heterocycles. The van der Waals surface area contributed by atoms with Gasteiger partial charge in [-0.15, -0.1) is 11.3 Å². The maximum atomic E-state index is 12.7. The van der Waals surface area contributed by atoms with Crippen molar-refractivity contribution in [3.63, 3.8) is 0 Å². The highest BCUT2D eigenvalue weighted by atomic mass is 35.5. The third kappa shape index (κ3) is 5.01. The summed E-state index contributed by atoms with van der Waals surface area (Å²) < 4.78 is 7.45. The molecule has 0 unspecified atom stereocenters. The summed E-state index contributed by atoms with van der Waals surface area (Å²) >= 11 is 7.45. The monoisotopic (exact) mass is 424 g/mol. The van der Waals surface area contributed by atoms with Gasteiger partial charge in [-0.3, -0.25) is 4.79 Å². The maximum absolute atomic E-state index is 12.7. The largest absolute Gasteiger partial charge is 0.487 e. The molecular weight excluding hydrogens is 408 g/mol. The Hall–Kier alpha value is -3.16. The van der Waals surface area contributed by atoms with Gasteiger partial charge in [0.1, 0.15) is 18.2 Å². The fraction of sp³-hybridized carbons (Fsp3) is 0.0952. The van der Waals surface area contributed by atoms with Gasteiger partial charge < -0.3 is 10.1 Å². The molecule has 4 rings (SSSR count). The lowest BCUT2D eigenvalue weighted by molar-refractivity contribution is 0.102. The molecule has 29 heavy (non-hydrogen) atoms. The molecule has 6 nitrogen and oxygen atoms in total. The fourth-order valence-electron chi connectivity index (χ4n) is 2.71. The summed E-state index contributed by atoms with van der Waals surface area (Å²) in [5.74, 6) is 0.987. The van der Waals surface area contributed by atoms with Gasteiger partial charge in [0.15, 0.2) is 0 Å². The summed E-state index contributed by atoms with van der Waals surface area (Å²) in [7, 11) is 0. The van der Waals surface area contributed by atoms with Crippen LogP contribution in [0, 0.1) is 0 Å². The third-order valence-corrected chi connectivity index (χ3v) is 5.06. The first kappa shape index (κ1) is 19.2. The molecule has 0 radical (unpaired) electrons. The molecular formula is C21H17ClN4O2S. The topological polar surface area (TPSA) is 69.0 Å². The van der Waals surface area contributed by atoms with E-state index in [2.05, 4.69) is 15.4 Å². The average molecular weight is 425 g/mol.